The van der Waals surface area contributed by atoms with Gasteiger partial charge < -0.3 is 5.32 Å². The number of thiazole rings is 1. The van der Waals surface area contributed by atoms with Crippen molar-refractivity contribution in [1.29, 1.82) is 5.26 Å². The molecular weight excluding hydrogens is 352 g/mol. The highest BCUT2D eigenvalue weighted by atomic mass is 32.2. The van der Waals surface area contributed by atoms with Crippen LogP contribution in [-0.2, 0) is 4.79 Å². The van der Waals surface area contributed by atoms with Gasteiger partial charge in [-0.25, -0.2) is 9.97 Å². The first-order chi connectivity index (χ1) is 12.0. The average Bonchev–Trinajstić information content (AvgIpc) is 3.00. The van der Waals surface area contributed by atoms with Gasteiger partial charge in [-0.15, -0.1) is 11.3 Å². The normalized spacial score (nSPS) is 10.6. The second-order valence-corrected chi connectivity index (χ2v) is 7.49. The third-order valence-electron chi connectivity index (χ3n) is 3.80. The highest BCUT2D eigenvalue weighted by molar-refractivity contribution is 8.00. The molecule has 126 valence electrons. The second-order valence-electron chi connectivity index (χ2n) is 5.66. The molecule has 0 saturated carbocycles. The first kappa shape index (κ1) is 17.4. The summed E-state index contributed by atoms with van der Waals surface area (Å²) in [4.78, 5) is 21.0. The minimum Gasteiger partial charge on any atom is -0.301 e. The van der Waals surface area contributed by atoms with E-state index < -0.39 is 0 Å². The Hall–Kier alpha value is -2.43. The first-order valence-electron chi connectivity index (χ1n) is 7.64. The third-order valence-corrected chi connectivity index (χ3v) is 5.67. The molecule has 0 aliphatic rings. The molecule has 1 N–H and O–H groups in total. The molecular formula is C18H16N4OS2. The molecule has 0 spiro atoms. The minimum atomic E-state index is -0.161. The SMILES string of the molecule is Cc1csc(NC(=O)CSc2nc3c(C)c(C)ccc3cc2C#N)n1. The number of anilines is 1. The van der Waals surface area contributed by atoms with E-state index in [1.165, 1.54) is 23.1 Å². The van der Waals surface area contributed by atoms with Crippen molar-refractivity contribution in [3.05, 3.63) is 46.0 Å². The predicted molar refractivity (Wildman–Crippen MR) is 102 cm³/mol. The molecule has 2 aromatic heterocycles. The van der Waals surface area contributed by atoms with Crippen molar-refractivity contribution in [1.82, 2.24) is 9.97 Å². The van der Waals surface area contributed by atoms with Gasteiger partial charge in [0.2, 0.25) is 5.91 Å². The highest BCUT2D eigenvalue weighted by Gasteiger charge is 2.13. The summed E-state index contributed by atoms with van der Waals surface area (Å²) in [6.07, 6.45) is 0. The van der Waals surface area contributed by atoms with E-state index in [4.69, 9.17) is 0 Å². The number of fused-ring (bicyclic) bond motifs is 1. The first-order valence-corrected chi connectivity index (χ1v) is 9.50. The van der Waals surface area contributed by atoms with E-state index in [0.717, 1.165) is 27.7 Å². The van der Waals surface area contributed by atoms with Crippen molar-refractivity contribution in [3.8, 4) is 6.07 Å². The van der Waals surface area contributed by atoms with Crippen LogP contribution < -0.4 is 5.32 Å². The quantitative estimate of drug-likeness (QED) is 0.698. The van der Waals surface area contributed by atoms with Crippen molar-refractivity contribution >= 4 is 45.0 Å². The number of rotatable bonds is 4. The average molecular weight is 368 g/mol. The van der Waals surface area contributed by atoms with Crippen LogP contribution >= 0.6 is 23.1 Å². The van der Waals surface area contributed by atoms with Gasteiger partial charge in [0.1, 0.15) is 11.1 Å². The van der Waals surface area contributed by atoms with Crippen LogP contribution in [0.2, 0.25) is 0 Å². The largest absolute Gasteiger partial charge is 0.301 e. The van der Waals surface area contributed by atoms with E-state index in [9.17, 15) is 10.1 Å². The van der Waals surface area contributed by atoms with E-state index in [-0.39, 0.29) is 11.7 Å². The number of nitriles is 1. The van der Waals surface area contributed by atoms with Crippen LogP contribution in [0.15, 0.2) is 28.6 Å². The van der Waals surface area contributed by atoms with E-state index in [1.54, 1.807) is 0 Å². The smallest absolute Gasteiger partial charge is 0.236 e. The van der Waals surface area contributed by atoms with E-state index in [0.29, 0.717) is 15.7 Å². The van der Waals surface area contributed by atoms with Crippen LogP contribution in [0.4, 0.5) is 5.13 Å². The Morgan fingerprint density at radius 1 is 1.32 bits per heavy atom. The number of nitrogens with one attached hydrogen (secondary N) is 1. The standard InChI is InChI=1S/C18H16N4OS2/c1-10-4-5-13-6-14(7-19)17(22-16(13)12(10)3)24-9-15(23)21-18-20-11(2)8-25-18/h4-6,8H,9H2,1-3H3,(H,20,21,23). The Morgan fingerprint density at radius 2 is 2.12 bits per heavy atom. The molecule has 0 saturated heterocycles. The fourth-order valence-corrected chi connectivity index (χ4v) is 3.82. The lowest BCUT2D eigenvalue weighted by Crippen LogP contribution is -2.14. The molecule has 25 heavy (non-hydrogen) atoms. The van der Waals surface area contributed by atoms with Crippen molar-refractivity contribution in [2.75, 3.05) is 11.1 Å². The Bertz CT molecular complexity index is 1000. The zero-order valence-corrected chi connectivity index (χ0v) is 15.7. The summed E-state index contributed by atoms with van der Waals surface area (Å²) in [5.41, 5.74) is 4.47. The lowest BCUT2D eigenvalue weighted by atomic mass is 10.0. The van der Waals surface area contributed by atoms with E-state index in [1.807, 2.05) is 44.4 Å². The van der Waals surface area contributed by atoms with E-state index in [2.05, 4.69) is 21.4 Å². The monoisotopic (exact) mass is 368 g/mol. The summed E-state index contributed by atoms with van der Waals surface area (Å²) in [5, 5.41) is 16.1. The third kappa shape index (κ3) is 3.81. The Kier molecular flexibility index (Phi) is 5.02. The molecule has 1 amide bonds. The van der Waals surface area contributed by atoms with Gasteiger partial charge in [-0.3, -0.25) is 4.79 Å². The fourth-order valence-electron chi connectivity index (χ4n) is 2.36. The summed E-state index contributed by atoms with van der Waals surface area (Å²) < 4.78 is 0. The van der Waals surface area contributed by atoms with Gasteiger partial charge in [0, 0.05) is 10.8 Å². The highest BCUT2D eigenvalue weighted by Crippen LogP contribution is 2.27. The molecule has 2 heterocycles. The van der Waals surface area contributed by atoms with Gasteiger partial charge in [-0.2, -0.15) is 5.26 Å². The Labute approximate surface area is 154 Å². The maximum Gasteiger partial charge on any atom is 0.236 e. The zero-order valence-electron chi connectivity index (χ0n) is 14.1. The Morgan fingerprint density at radius 3 is 2.80 bits per heavy atom. The summed E-state index contributed by atoms with van der Waals surface area (Å²) in [7, 11) is 0. The molecule has 7 heteroatoms. The number of hydrogen-bond donors (Lipinski definition) is 1. The number of thioether (sulfide) groups is 1. The van der Waals surface area contributed by atoms with Gasteiger partial charge in [-0.1, -0.05) is 23.9 Å². The van der Waals surface area contributed by atoms with Crippen molar-refractivity contribution in [3.63, 3.8) is 0 Å². The summed E-state index contributed by atoms with van der Waals surface area (Å²) >= 11 is 2.66. The maximum atomic E-state index is 12.1. The fraction of sp³-hybridized carbons (Fsp3) is 0.222. The molecule has 0 fully saturated rings. The van der Waals surface area contributed by atoms with Crippen LogP contribution in [0.5, 0.6) is 0 Å². The summed E-state index contributed by atoms with van der Waals surface area (Å²) in [5.74, 6) is 0.0162. The number of pyridine rings is 1. The molecule has 0 atom stereocenters. The maximum absolute atomic E-state index is 12.1. The molecule has 0 aliphatic heterocycles. The number of amides is 1. The summed E-state index contributed by atoms with van der Waals surface area (Å²) in [6, 6.07) is 8.00. The molecule has 3 aromatic rings. The molecule has 0 aliphatic carbocycles. The van der Waals surface area contributed by atoms with Crippen LogP contribution in [0.1, 0.15) is 22.4 Å². The molecule has 3 rings (SSSR count). The minimum absolute atomic E-state index is 0.161. The zero-order chi connectivity index (χ0) is 18.0. The van der Waals surface area contributed by atoms with Gasteiger partial charge in [0.05, 0.1) is 22.5 Å². The molecule has 0 bridgehead atoms. The van der Waals surface area contributed by atoms with Gasteiger partial charge in [0.25, 0.3) is 0 Å². The van der Waals surface area contributed by atoms with Crippen LogP contribution in [0, 0.1) is 32.1 Å². The van der Waals surface area contributed by atoms with Crippen LogP contribution in [0.3, 0.4) is 0 Å². The Balaban J connectivity index is 1.81. The number of carbonyl (C=O) groups excluding carboxylic acids is 1. The number of aromatic nitrogens is 2. The van der Waals surface area contributed by atoms with Gasteiger partial charge in [0.15, 0.2) is 5.13 Å². The number of hydrogen-bond acceptors (Lipinski definition) is 6. The number of nitrogens with zero attached hydrogens (tertiary/aromatic N) is 3. The number of carbonyl (C=O) groups is 1. The summed E-state index contributed by atoms with van der Waals surface area (Å²) in [6.45, 7) is 5.93. The molecule has 0 radical (unpaired) electrons. The van der Waals surface area contributed by atoms with E-state index >= 15 is 0 Å². The molecule has 0 unspecified atom stereocenters. The van der Waals surface area contributed by atoms with Crippen molar-refractivity contribution in [2.45, 2.75) is 25.8 Å². The van der Waals surface area contributed by atoms with Gasteiger partial charge >= 0.3 is 0 Å². The lowest BCUT2D eigenvalue weighted by Gasteiger charge is -2.09. The molecule has 5 nitrogen and oxygen atoms in total. The number of benzene rings is 1. The van der Waals surface area contributed by atoms with Crippen molar-refractivity contribution < 1.29 is 4.79 Å². The molecule has 1 aromatic carbocycles. The predicted octanol–water partition coefficient (Wildman–Crippen LogP) is 4.22. The van der Waals surface area contributed by atoms with Crippen LogP contribution in [-0.4, -0.2) is 21.6 Å². The van der Waals surface area contributed by atoms with Crippen molar-refractivity contribution in [2.24, 2.45) is 0 Å². The lowest BCUT2D eigenvalue weighted by molar-refractivity contribution is -0.113. The second kappa shape index (κ2) is 7.21. The topological polar surface area (TPSA) is 78.7 Å². The number of aryl methyl sites for hydroxylation is 3. The van der Waals surface area contributed by atoms with Crippen LogP contribution in [0.25, 0.3) is 10.9 Å². The van der Waals surface area contributed by atoms with Gasteiger partial charge in [-0.05, 0) is 38.0 Å².